The van der Waals surface area contributed by atoms with Gasteiger partial charge in [0.2, 0.25) is 3.79 Å². The Hall–Kier alpha value is -2.09. The highest BCUT2D eigenvalue weighted by Crippen LogP contribution is 2.31. The maximum Gasteiger partial charge on any atom is 0.269 e. The minimum atomic E-state index is -1.86. The summed E-state index contributed by atoms with van der Waals surface area (Å²) >= 11 is 17.7. The lowest BCUT2D eigenvalue weighted by atomic mass is 10.2. The molecule has 7 nitrogen and oxygen atoms in total. The molecule has 0 radical (unpaired) electrons. The summed E-state index contributed by atoms with van der Waals surface area (Å²) < 4.78 is -1.86. The number of carbonyl (C=O) groups excluding carboxylic acids is 1. The minimum absolute atomic E-state index is 0.0784. The number of rotatable bonds is 5. The number of halogens is 3. The number of aromatic nitrogens is 1. The van der Waals surface area contributed by atoms with E-state index >= 15 is 0 Å². The second-order valence-corrected chi connectivity index (χ2v) is 7.01. The number of anilines is 1. The molecule has 126 valence electrons. The third-order valence-electron chi connectivity index (χ3n) is 2.92. The zero-order valence-corrected chi connectivity index (χ0v) is 14.2. The summed E-state index contributed by atoms with van der Waals surface area (Å²) in [6.07, 6.45) is 1.83. The number of nitrogens with zero attached hydrogens (tertiary/aromatic N) is 2. The van der Waals surface area contributed by atoms with Crippen molar-refractivity contribution in [2.24, 2.45) is 0 Å². The number of nitro benzene ring substituents is 1. The van der Waals surface area contributed by atoms with Gasteiger partial charge in [-0.2, -0.15) is 0 Å². The van der Waals surface area contributed by atoms with Crippen molar-refractivity contribution in [3.05, 3.63) is 64.5 Å². The highest BCUT2D eigenvalue weighted by molar-refractivity contribution is 6.68. The molecule has 1 unspecified atom stereocenters. The van der Waals surface area contributed by atoms with Crippen molar-refractivity contribution in [3.8, 4) is 0 Å². The van der Waals surface area contributed by atoms with Crippen LogP contribution in [0.1, 0.15) is 10.4 Å². The summed E-state index contributed by atoms with van der Waals surface area (Å²) in [5.41, 5.74) is 0.649. The predicted octanol–water partition coefficient (Wildman–Crippen LogP) is 3.53. The molecule has 1 heterocycles. The van der Waals surface area contributed by atoms with Gasteiger partial charge in [-0.1, -0.05) is 34.8 Å². The van der Waals surface area contributed by atoms with E-state index in [0.717, 1.165) is 0 Å². The van der Waals surface area contributed by atoms with E-state index in [0.29, 0.717) is 11.3 Å². The van der Waals surface area contributed by atoms with Gasteiger partial charge in [0.05, 0.1) is 10.5 Å². The second-order valence-electron chi connectivity index (χ2n) is 4.64. The lowest BCUT2D eigenvalue weighted by Gasteiger charge is -2.27. The Balaban J connectivity index is 2.14. The van der Waals surface area contributed by atoms with E-state index in [9.17, 15) is 14.9 Å². The Morgan fingerprint density at radius 3 is 2.38 bits per heavy atom. The predicted molar refractivity (Wildman–Crippen MR) is 92.5 cm³/mol. The van der Waals surface area contributed by atoms with Gasteiger partial charge in [0.25, 0.3) is 11.6 Å². The normalized spacial score (nSPS) is 12.3. The smallest absolute Gasteiger partial charge is 0.269 e. The largest absolute Gasteiger partial charge is 0.362 e. The van der Waals surface area contributed by atoms with Gasteiger partial charge in [-0.25, -0.2) is 0 Å². The Kier molecular flexibility index (Phi) is 5.82. The van der Waals surface area contributed by atoms with Crippen LogP contribution in [0.15, 0.2) is 48.8 Å². The van der Waals surface area contributed by atoms with Crippen molar-refractivity contribution < 1.29 is 9.72 Å². The minimum Gasteiger partial charge on any atom is -0.362 e. The zero-order valence-electron chi connectivity index (χ0n) is 11.9. The molecule has 0 saturated heterocycles. The quantitative estimate of drug-likeness (QED) is 0.353. The molecule has 0 aliphatic rings. The van der Waals surface area contributed by atoms with Crippen LogP contribution < -0.4 is 10.6 Å². The summed E-state index contributed by atoms with van der Waals surface area (Å²) in [5.74, 6) is -0.492. The average molecular weight is 390 g/mol. The van der Waals surface area contributed by atoms with Crippen molar-refractivity contribution in [3.63, 3.8) is 0 Å². The zero-order chi connectivity index (χ0) is 17.7. The van der Waals surface area contributed by atoms with E-state index in [-0.39, 0.29) is 5.69 Å². The number of hydrogen-bond acceptors (Lipinski definition) is 5. The van der Waals surface area contributed by atoms with Gasteiger partial charge >= 0.3 is 0 Å². The number of nitro groups is 1. The van der Waals surface area contributed by atoms with Gasteiger partial charge in [-0.05, 0) is 24.3 Å². The fraction of sp³-hybridized carbons (Fsp3) is 0.143. The lowest BCUT2D eigenvalue weighted by molar-refractivity contribution is -0.384. The molecule has 10 heteroatoms. The van der Waals surface area contributed by atoms with Crippen LogP contribution in [0.5, 0.6) is 0 Å². The molecule has 24 heavy (non-hydrogen) atoms. The number of nitrogens with one attached hydrogen (secondary N) is 2. The molecule has 2 aromatic rings. The van der Waals surface area contributed by atoms with Crippen molar-refractivity contribution in [2.45, 2.75) is 9.96 Å². The first-order chi connectivity index (χ1) is 11.3. The number of pyridine rings is 1. The van der Waals surface area contributed by atoms with E-state index in [1.165, 1.54) is 36.7 Å². The molecule has 1 atom stereocenters. The third-order valence-corrected chi connectivity index (χ3v) is 3.57. The summed E-state index contributed by atoms with van der Waals surface area (Å²) in [6.45, 7) is 0. The van der Waals surface area contributed by atoms with Gasteiger partial charge in [0.15, 0.2) is 0 Å². The molecule has 2 N–H and O–H groups in total. The van der Waals surface area contributed by atoms with Crippen LogP contribution in [0.4, 0.5) is 11.4 Å². The standard InChI is InChI=1S/C14H11Cl3N4O3/c15-14(16,17)13(20-12(22)9-2-1-7-18-8-9)19-10-3-5-11(6-4-10)21(23)24/h1-8,13,19H,(H,20,22). The highest BCUT2D eigenvalue weighted by Gasteiger charge is 2.34. The fourth-order valence-corrected chi connectivity index (χ4v) is 2.08. The summed E-state index contributed by atoms with van der Waals surface area (Å²) in [7, 11) is 0. The summed E-state index contributed by atoms with van der Waals surface area (Å²) in [4.78, 5) is 26.1. The molecule has 0 spiro atoms. The molecule has 0 fully saturated rings. The molecule has 0 aliphatic heterocycles. The van der Waals surface area contributed by atoms with Gasteiger partial charge < -0.3 is 10.6 Å². The Bertz CT molecular complexity index is 720. The Labute approximate surface area is 152 Å². The van der Waals surface area contributed by atoms with Crippen LogP contribution in [0, 0.1) is 10.1 Å². The molecular weight excluding hydrogens is 379 g/mol. The number of benzene rings is 1. The van der Waals surface area contributed by atoms with Crippen molar-refractivity contribution >= 4 is 52.1 Å². The summed E-state index contributed by atoms with van der Waals surface area (Å²) in [5, 5.41) is 16.0. The van der Waals surface area contributed by atoms with Gasteiger partial charge in [-0.3, -0.25) is 19.9 Å². The molecule has 0 saturated carbocycles. The maximum absolute atomic E-state index is 12.2. The van der Waals surface area contributed by atoms with Gasteiger partial charge in [-0.15, -0.1) is 0 Å². The molecule has 1 aromatic carbocycles. The van der Waals surface area contributed by atoms with Gasteiger partial charge in [0, 0.05) is 30.2 Å². The molecule has 2 rings (SSSR count). The summed E-state index contributed by atoms with van der Waals surface area (Å²) in [6, 6.07) is 8.63. The van der Waals surface area contributed by atoms with Crippen molar-refractivity contribution in [1.29, 1.82) is 0 Å². The van der Waals surface area contributed by atoms with E-state index in [4.69, 9.17) is 34.8 Å². The van der Waals surface area contributed by atoms with Crippen LogP contribution in [0.2, 0.25) is 0 Å². The van der Waals surface area contributed by atoms with Crippen LogP contribution in [-0.4, -0.2) is 25.8 Å². The SMILES string of the molecule is O=C(NC(Nc1ccc([N+](=O)[O-])cc1)C(Cl)(Cl)Cl)c1cccnc1. The number of non-ortho nitro benzene ring substituents is 1. The van der Waals surface area contributed by atoms with E-state index in [1.54, 1.807) is 12.1 Å². The van der Waals surface area contributed by atoms with Crippen molar-refractivity contribution in [2.75, 3.05) is 5.32 Å². The second kappa shape index (κ2) is 7.65. The lowest BCUT2D eigenvalue weighted by Crippen LogP contribution is -2.49. The average Bonchev–Trinajstić information content (AvgIpc) is 2.54. The van der Waals surface area contributed by atoms with Crippen LogP contribution >= 0.6 is 34.8 Å². The molecule has 0 bridgehead atoms. The number of hydrogen-bond donors (Lipinski definition) is 2. The van der Waals surface area contributed by atoms with Crippen LogP contribution in [-0.2, 0) is 0 Å². The molecule has 1 amide bonds. The van der Waals surface area contributed by atoms with E-state index in [2.05, 4.69) is 15.6 Å². The van der Waals surface area contributed by atoms with E-state index in [1.807, 2.05) is 0 Å². The molecule has 0 aliphatic carbocycles. The van der Waals surface area contributed by atoms with Crippen LogP contribution in [0.3, 0.4) is 0 Å². The third kappa shape index (κ3) is 4.95. The number of carbonyl (C=O) groups is 1. The first-order valence-corrected chi connectivity index (χ1v) is 7.69. The first kappa shape index (κ1) is 18.3. The molecular formula is C14H11Cl3N4O3. The highest BCUT2D eigenvalue weighted by atomic mass is 35.6. The topological polar surface area (TPSA) is 97.2 Å². The maximum atomic E-state index is 12.2. The number of amides is 1. The Morgan fingerprint density at radius 1 is 1.21 bits per heavy atom. The van der Waals surface area contributed by atoms with E-state index < -0.39 is 20.8 Å². The van der Waals surface area contributed by atoms with Crippen molar-refractivity contribution in [1.82, 2.24) is 10.3 Å². The molecule has 1 aromatic heterocycles. The first-order valence-electron chi connectivity index (χ1n) is 6.56. The monoisotopic (exact) mass is 388 g/mol. The fourth-order valence-electron chi connectivity index (χ4n) is 1.76. The number of alkyl halides is 3. The Morgan fingerprint density at radius 2 is 1.88 bits per heavy atom. The van der Waals surface area contributed by atoms with Crippen LogP contribution in [0.25, 0.3) is 0 Å². The van der Waals surface area contributed by atoms with Gasteiger partial charge in [0.1, 0.15) is 6.17 Å².